The molecule has 5 nitrogen and oxygen atoms in total. The minimum absolute atomic E-state index is 0.151. The van der Waals surface area contributed by atoms with Gasteiger partial charge in [0.15, 0.2) is 0 Å². The Hall–Kier alpha value is -1.10. The highest BCUT2D eigenvalue weighted by atomic mass is 16.4. The van der Waals surface area contributed by atoms with Crippen molar-refractivity contribution in [1.29, 1.82) is 0 Å². The lowest BCUT2D eigenvalue weighted by Crippen LogP contribution is -2.41. The Morgan fingerprint density at radius 2 is 2.05 bits per heavy atom. The number of carboxylic acid groups (broad SMARTS) is 1. The molecular weight excluding hydrogens is 244 g/mol. The van der Waals surface area contributed by atoms with Crippen LogP contribution in [-0.4, -0.2) is 40.5 Å². The second kappa shape index (κ2) is 6.89. The lowest BCUT2D eigenvalue weighted by molar-refractivity contribution is -0.137. The number of hydrogen-bond donors (Lipinski definition) is 2. The summed E-state index contributed by atoms with van der Waals surface area (Å²) < 4.78 is 0. The molecule has 0 aromatic rings. The van der Waals surface area contributed by atoms with Crippen molar-refractivity contribution in [1.82, 2.24) is 4.90 Å². The van der Waals surface area contributed by atoms with Gasteiger partial charge in [0.25, 0.3) is 0 Å². The van der Waals surface area contributed by atoms with Gasteiger partial charge in [0.1, 0.15) is 0 Å². The second-order valence-electron chi connectivity index (χ2n) is 6.27. The Labute approximate surface area is 115 Å². The van der Waals surface area contributed by atoms with Crippen LogP contribution in [0.25, 0.3) is 0 Å². The fraction of sp³-hybridized carbons (Fsp3) is 0.857. The van der Waals surface area contributed by atoms with Gasteiger partial charge in [-0.1, -0.05) is 0 Å². The number of carbonyl (C=O) groups excluding carboxylic acids is 1. The second-order valence-corrected chi connectivity index (χ2v) is 6.27. The van der Waals surface area contributed by atoms with Gasteiger partial charge in [-0.15, -0.1) is 0 Å². The summed E-state index contributed by atoms with van der Waals surface area (Å²) in [6.45, 7) is 5.35. The van der Waals surface area contributed by atoms with E-state index in [2.05, 4.69) is 0 Å². The van der Waals surface area contributed by atoms with Gasteiger partial charge in [-0.2, -0.15) is 0 Å². The number of rotatable bonds is 6. The van der Waals surface area contributed by atoms with Crippen LogP contribution in [-0.2, 0) is 9.59 Å². The molecular formula is C14H26N2O3. The Morgan fingerprint density at radius 3 is 2.63 bits per heavy atom. The summed E-state index contributed by atoms with van der Waals surface area (Å²) in [7, 11) is 0. The van der Waals surface area contributed by atoms with Gasteiger partial charge in [0.05, 0.1) is 0 Å². The summed E-state index contributed by atoms with van der Waals surface area (Å²) in [6.07, 6.45) is 4.03. The van der Waals surface area contributed by atoms with E-state index in [1.54, 1.807) is 0 Å². The van der Waals surface area contributed by atoms with E-state index < -0.39 is 5.97 Å². The van der Waals surface area contributed by atoms with E-state index in [0.29, 0.717) is 31.7 Å². The highest BCUT2D eigenvalue weighted by Crippen LogP contribution is 2.22. The zero-order valence-corrected chi connectivity index (χ0v) is 12.0. The van der Waals surface area contributed by atoms with Crippen LogP contribution in [0.3, 0.4) is 0 Å². The fourth-order valence-electron chi connectivity index (χ4n) is 2.44. The van der Waals surface area contributed by atoms with Crippen LogP contribution in [0, 0.1) is 5.92 Å². The summed E-state index contributed by atoms with van der Waals surface area (Å²) >= 11 is 0. The Balaban J connectivity index is 2.37. The molecule has 0 saturated carbocycles. The largest absolute Gasteiger partial charge is 0.481 e. The van der Waals surface area contributed by atoms with Crippen molar-refractivity contribution in [3.05, 3.63) is 0 Å². The van der Waals surface area contributed by atoms with Crippen LogP contribution in [0.2, 0.25) is 0 Å². The average Bonchev–Trinajstić information content (AvgIpc) is 2.33. The van der Waals surface area contributed by atoms with Crippen molar-refractivity contribution < 1.29 is 14.7 Å². The topological polar surface area (TPSA) is 83.6 Å². The molecule has 0 spiro atoms. The third-order valence-corrected chi connectivity index (χ3v) is 3.62. The fourth-order valence-corrected chi connectivity index (χ4v) is 2.44. The highest BCUT2D eigenvalue weighted by Gasteiger charge is 2.24. The summed E-state index contributed by atoms with van der Waals surface area (Å²) in [5.41, 5.74) is 5.57. The minimum Gasteiger partial charge on any atom is -0.481 e. The number of piperidine rings is 1. The molecule has 0 aromatic carbocycles. The number of amides is 1. The molecule has 1 atom stereocenters. The van der Waals surface area contributed by atoms with Gasteiger partial charge in [-0.25, -0.2) is 0 Å². The third kappa shape index (κ3) is 6.57. The SMILES string of the molecule is CC(C)(N)CCC(=O)N1CCCC(CCC(=O)O)C1. The minimum atomic E-state index is -0.756. The first kappa shape index (κ1) is 16.0. The highest BCUT2D eigenvalue weighted by molar-refractivity contribution is 5.76. The summed E-state index contributed by atoms with van der Waals surface area (Å²) in [6, 6.07) is 0. The molecule has 1 heterocycles. The Morgan fingerprint density at radius 1 is 1.37 bits per heavy atom. The lowest BCUT2D eigenvalue weighted by atomic mass is 9.92. The molecule has 1 unspecified atom stereocenters. The zero-order chi connectivity index (χ0) is 14.5. The van der Waals surface area contributed by atoms with E-state index in [1.165, 1.54) is 0 Å². The predicted octanol–water partition coefficient (Wildman–Crippen LogP) is 1.61. The smallest absolute Gasteiger partial charge is 0.303 e. The van der Waals surface area contributed by atoms with Gasteiger partial charge in [-0.3, -0.25) is 9.59 Å². The molecule has 1 aliphatic rings. The van der Waals surface area contributed by atoms with Crippen molar-refractivity contribution >= 4 is 11.9 Å². The molecule has 1 fully saturated rings. The van der Waals surface area contributed by atoms with Crippen LogP contribution in [0.1, 0.15) is 52.4 Å². The van der Waals surface area contributed by atoms with Crippen LogP contribution < -0.4 is 5.73 Å². The molecule has 1 rings (SSSR count). The lowest BCUT2D eigenvalue weighted by Gasteiger charge is -2.33. The quantitative estimate of drug-likeness (QED) is 0.768. The van der Waals surface area contributed by atoms with Gasteiger partial charge in [0.2, 0.25) is 5.91 Å². The van der Waals surface area contributed by atoms with E-state index in [0.717, 1.165) is 19.4 Å². The summed E-state index contributed by atoms with van der Waals surface area (Å²) in [4.78, 5) is 24.5. The van der Waals surface area contributed by atoms with E-state index in [1.807, 2.05) is 18.7 Å². The molecule has 1 amide bonds. The number of hydrogen-bond acceptors (Lipinski definition) is 3. The maximum absolute atomic E-state index is 12.1. The molecule has 0 aromatic heterocycles. The predicted molar refractivity (Wildman–Crippen MR) is 73.7 cm³/mol. The van der Waals surface area contributed by atoms with E-state index in [4.69, 9.17) is 10.8 Å². The van der Waals surface area contributed by atoms with Crippen molar-refractivity contribution in [2.24, 2.45) is 11.7 Å². The van der Waals surface area contributed by atoms with Gasteiger partial charge >= 0.3 is 5.97 Å². The Bertz CT molecular complexity index is 323. The first-order chi connectivity index (χ1) is 8.78. The number of carboxylic acids is 1. The molecule has 0 aliphatic carbocycles. The molecule has 1 aliphatic heterocycles. The number of likely N-dealkylation sites (tertiary alicyclic amines) is 1. The maximum Gasteiger partial charge on any atom is 0.303 e. The van der Waals surface area contributed by atoms with Crippen molar-refractivity contribution in [3.63, 3.8) is 0 Å². The number of carbonyl (C=O) groups is 2. The van der Waals surface area contributed by atoms with Crippen molar-refractivity contribution in [2.45, 2.75) is 57.9 Å². The van der Waals surface area contributed by atoms with Crippen LogP contribution in [0.5, 0.6) is 0 Å². The van der Waals surface area contributed by atoms with E-state index in [9.17, 15) is 9.59 Å². The van der Waals surface area contributed by atoms with Crippen molar-refractivity contribution in [3.8, 4) is 0 Å². The maximum atomic E-state index is 12.1. The number of nitrogens with two attached hydrogens (primary N) is 1. The van der Waals surface area contributed by atoms with Gasteiger partial charge < -0.3 is 15.7 Å². The molecule has 5 heteroatoms. The van der Waals surface area contributed by atoms with Crippen molar-refractivity contribution in [2.75, 3.05) is 13.1 Å². The average molecular weight is 270 g/mol. The monoisotopic (exact) mass is 270 g/mol. The summed E-state index contributed by atoms with van der Waals surface area (Å²) in [5, 5.41) is 8.70. The van der Waals surface area contributed by atoms with Crippen LogP contribution >= 0.6 is 0 Å². The molecule has 0 bridgehead atoms. The normalized spacial score (nSPS) is 20.4. The third-order valence-electron chi connectivity index (χ3n) is 3.62. The first-order valence-electron chi connectivity index (χ1n) is 7.06. The van der Waals surface area contributed by atoms with Crippen LogP contribution in [0.4, 0.5) is 0 Å². The van der Waals surface area contributed by atoms with E-state index >= 15 is 0 Å². The van der Waals surface area contributed by atoms with Crippen LogP contribution in [0.15, 0.2) is 0 Å². The molecule has 0 radical (unpaired) electrons. The number of aliphatic carboxylic acids is 1. The molecule has 19 heavy (non-hydrogen) atoms. The molecule has 110 valence electrons. The molecule has 3 N–H and O–H groups in total. The first-order valence-corrected chi connectivity index (χ1v) is 7.06. The Kier molecular flexibility index (Phi) is 5.79. The summed E-state index contributed by atoms with van der Waals surface area (Å²) in [5.74, 6) is -0.272. The molecule has 1 saturated heterocycles. The van der Waals surface area contributed by atoms with Gasteiger partial charge in [-0.05, 0) is 45.4 Å². The zero-order valence-electron chi connectivity index (χ0n) is 12.0. The number of nitrogens with zero attached hydrogens (tertiary/aromatic N) is 1. The van der Waals surface area contributed by atoms with E-state index in [-0.39, 0.29) is 17.9 Å². The standard InChI is InChI=1S/C14H26N2O3/c1-14(2,15)8-7-12(17)16-9-3-4-11(10-16)5-6-13(18)19/h11H,3-10,15H2,1-2H3,(H,18,19). The van der Waals surface area contributed by atoms with Gasteiger partial charge in [0, 0.05) is 31.5 Å².